The topological polar surface area (TPSA) is 21.3 Å². The third kappa shape index (κ3) is 5.96. The van der Waals surface area contributed by atoms with Crippen LogP contribution in [0.25, 0.3) is 0 Å². The molecule has 0 aliphatic carbocycles. The Morgan fingerprint density at radius 3 is 2.26 bits per heavy atom. The Morgan fingerprint density at radius 2 is 1.74 bits per heavy atom. The molecule has 0 heterocycles. The second kappa shape index (κ2) is 7.91. The van der Waals surface area contributed by atoms with E-state index in [-0.39, 0.29) is 6.10 Å². The van der Waals surface area contributed by atoms with Crippen molar-refractivity contribution in [3.05, 3.63) is 27.7 Å². The quantitative estimate of drug-likeness (QED) is 0.738. The number of hydrogen-bond acceptors (Lipinski definition) is 2. The predicted octanol–water partition coefficient (Wildman–Crippen LogP) is 4.61. The molecule has 1 N–H and O–H groups in total. The van der Waals surface area contributed by atoms with Crippen LogP contribution in [-0.4, -0.2) is 18.7 Å². The number of hydrogen-bond donors (Lipinski definition) is 1. The molecule has 1 aromatic carbocycles. The third-order valence-electron chi connectivity index (χ3n) is 3.09. The molecule has 3 heteroatoms. The zero-order valence-electron chi connectivity index (χ0n) is 12.7. The van der Waals surface area contributed by atoms with Crippen molar-refractivity contribution < 1.29 is 4.74 Å². The molecule has 108 valence electrons. The van der Waals surface area contributed by atoms with E-state index in [1.165, 1.54) is 15.6 Å². The molecule has 1 atom stereocenters. The number of nitrogens with one attached hydrogen (secondary N) is 1. The maximum absolute atomic E-state index is 5.99. The Bertz CT molecular complexity index is 381. The fraction of sp³-hybridized carbons (Fsp3) is 0.625. The molecule has 0 amide bonds. The van der Waals surface area contributed by atoms with Gasteiger partial charge in [0.2, 0.25) is 0 Å². The summed E-state index contributed by atoms with van der Waals surface area (Å²) in [5, 5.41) is 3.43. The van der Waals surface area contributed by atoms with Crippen molar-refractivity contribution in [2.24, 2.45) is 0 Å². The average molecular weight is 328 g/mol. The van der Waals surface area contributed by atoms with Crippen molar-refractivity contribution in [3.63, 3.8) is 0 Å². The van der Waals surface area contributed by atoms with Crippen LogP contribution in [0.2, 0.25) is 0 Å². The molecule has 0 aliphatic rings. The van der Waals surface area contributed by atoms with Crippen LogP contribution in [0.5, 0.6) is 5.75 Å². The van der Waals surface area contributed by atoms with Gasteiger partial charge in [0.1, 0.15) is 5.75 Å². The largest absolute Gasteiger partial charge is 0.491 e. The van der Waals surface area contributed by atoms with Crippen molar-refractivity contribution in [2.75, 3.05) is 6.54 Å². The van der Waals surface area contributed by atoms with Crippen molar-refractivity contribution in [2.45, 2.75) is 59.6 Å². The van der Waals surface area contributed by atoms with Gasteiger partial charge in [0.05, 0.1) is 6.10 Å². The lowest BCUT2D eigenvalue weighted by molar-refractivity contribution is 0.207. The second-order valence-corrected chi connectivity index (χ2v) is 6.34. The molecule has 0 saturated carbocycles. The van der Waals surface area contributed by atoms with Gasteiger partial charge in [0.25, 0.3) is 0 Å². The molecule has 0 aliphatic heterocycles. The summed E-state index contributed by atoms with van der Waals surface area (Å²) >= 11 is 3.58. The number of ether oxygens (including phenoxy) is 1. The maximum Gasteiger partial charge on any atom is 0.120 e. The molecule has 1 unspecified atom stereocenters. The average Bonchev–Trinajstić information content (AvgIpc) is 2.31. The monoisotopic (exact) mass is 327 g/mol. The minimum absolute atomic E-state index is 0.258. The zero-order valence-corrected chi connectivity index (χ0v) is 14.3. The SMILES string of the molecule is Cc1cc(OC(C)CCCNC(C)C)cc(C)c1Br. The molecule has 0 bridgehead atoms. The first-order chi connectivity index (χ1) is 8.90. The summed E-state index contributed by atoms with van der Waals surface area (Å²) in [6.45, 7) is 11.7. The minimum Gasteiger partial charge on any atom is -0.491 e. The highest BCUT2D eigenvalue weighted by atomic mass is 79.9. The van der Waals surface area contributed by atoms with E-state index in [4.69, 9.17) is 4.74 Å². The van der Waals surface area contributed by atoms with E-state index < -0.39 is 0 Å². The van der Waals surface area contributed by atoms with Gasteiger partial charge in [-0.05, 0) is 63.4 Å². The maximum atomic E-state index is 5.99. The van der Waals surface area contributed by atoms with Gasteiger partial charge in [0, 0.05) is 10.5 Å². The van der Waals surface area contributed by atoms with Crippen LogP contribution in [0.4, 0.5) is 0 Å². The van der Waals surface area contributed by atoms with E-state index in [1.54, 1.807) is 0 Å². The first-order valence-corrected chi connectivity index (χ1v) is 7.86. The fourth-order valence-electron chi connectivity index (χ4n) is 2.05. The molecular formula is C16H26BrNO. The second-order valence-electron chi connectivity index (χ2n) is 5.55. The Hall–Kier alpha value is -0.540. The van der Waals surface area contributed by atoms with E-state index in [0.29, 0.717) is 6.04 Å². The Morgan fingerprint density at radius 1 is 1.16 bits per heavy atom. The van der Waals surface area contributed by atoms with E-state index in [9.17, 15) is 0 Å². The Labute approximate surface area is 126 Å². The fourth-order valence-corrected chi connectivity index (χ4v) is 2.27. The Balaban J connectivity index is 2.42. The highest BCUT2D eigenvalue weighted by Gasteiger charge is 2.07. The standard InChI is InChI=1S/C16H26BrNO/c1-11(2)18-8-6-7-14(5)19-15-9-12(3)16(17)13(4)10-15/h9-11,14,18H,6-8H2,1-5H3. The number of benzene rings is 1. The highest BCUT2D eigenvalue weighted by molar-refractivity contribution is 9.10. The van der Waals surface area contributed by atoms with Crippen LogP contribution in [0.1, 0.15) is 44.7 Å². The lowest BCUT2D eigenvalue weighted by Crippen LogP contribution is -2.25. The smallest absolute Gasteiger partial charge is 0.120 e. The van der Waals surface area contributed by atoms with Crippen molar-refractivity contribution in [3.8, 4) is 5.75 Å². The van der Waals surface area contributed by atoms with Gasteiger partial charge in [-0.2, -0.15) is 0 Å². The molecule has 0 radical (unpaired) electrons. The molecule has 0 spiro atoms. The van der Waals surface area contributed by atoms with E-state index in [1.807, 2.05) is 0 Å². The molecular weight excluding hydrogens is 302 g/mol. The van der Waals surface area contributed by atoms with Crippen LogP contribution in [-0.2, 0) is 0 Å². The molecule has 1 aromatic rings. The van der Waals surface area contributed by atoms with Gasteiger partial charge < -0.3 is 10.1 Å². The number of rotatable bonds is 7. The van der Waals surface area contributed by atoms with Gasteiger partial charge in [-0.15, -0.1) is 0 Å². The predicted molar refractivity (Wildman–Crippen MR) is 86.1 cm³/mol. The highest BCUT2D eigenvalue weighted by Crippen LogP contribution is 2.27. The van der Waals surface area contributed by atoms with Crippen molar-refractivity contribution in [1.29, 1.82) is 0 Å². The summed E-state index contributed by atoms with van der Waals surface area (Å²) in [4.78, 5) is 0. The molecule has 0 saturated heterocycles. The van der Waals surface area contributed by atoms with Crippen LogP contribution >= 0.6 is 15.9 Å². The molecule has 1 rings (SSSR count). The van der Waals surface area contributed by atoms with Crippen LogP contribution in [0.3, 0.4) is 0 Å². The van der Waals surface area contributed by atoms with Crippen LogP contribution in [0, 0.1) is 13.8 Å². The summed E-state index contributed by atoms with van der Waals surface area (Å²) in [5.41, 5.74) is 2.45. The molecule has 19 heavy (non-hydrogen) atoms. The van der Waals surface area contributed by atoms with E-state index >= 15 is 0 Å². The lowest BCUT2D eigenvalue weighted by Gasteiger charge is -2.17. The summed E-state index contributed by atoms with van der Waals surface area (Å²) in [6.07, 6.45) is 2.48. The number of halogens is 1. The van der Waals surface area contributed by atoms with Crippen LogP contribution < -0.4 is 10.1 Å². The first kappa shape index (κ1) is 16.5. The van der Waals surface area contributed by atoms with E-state index in [0.717, 1.165) is 25.1 Å². The van der Waals surface area contributed by atoms with Crippen LogP contribution in [0.15, 0.2) is 16.6 Å². The molecule has 0 fully saturated rings. The zero-order chi connectivity index (χ0) is 14.4. The van der Waals surface area contributed by atoms with Gasteiger partial charge in [-0.3, -0.25) is 0 Å². The molecule has 0 aromatic heterocycles. The minimum atomic E-state index is 0.258. The van der Waals surface area contributed by atoms with E-state index in [2.05, 4.69) is 68.0 Å². The van der Waals surface area contributed by atoms with Gasteiger partial charge in [0.15, 0.2) is 0 Å². The summed E-state index contributed by atoms with van der Waals surface area (Å²) in [7, 11) is 0. The summed E-state index contributed by atoms with van der Waals surface area (Å²) < 4.78 is 7.16. The molecule has 2 nitrogen and oxygen atoms in total. The Kier molecular flexibility index (Phi) is 6.87. The lowest BCUT2D eigenvalue weighted by atomic mass is 10.1. The number of aryl methyl sites for hydroxylation is 2. The van der Waals surface area contributed by atoms with Gasteiger partial charge >= 0.3 is 0 Å². The summed E-state index contributed by atoms with van der Waals surface area (Å²) in [5.74, 6) is 0.975. The third-order valence-corrected chi connectivity index (χ3v) is 4.34. The first-order valence-electron chi connectivity index (χ1n) is 7.07. The van der Waals surface area contributed by atoms with Gasteiger partial charge in [-0.25, -0.2) is 0 Å². The van der Waals surface area contributed by atoms with Crippen molar-refractivity contribution >= 4 is 15.9 Å². The summed E-state index contributed by atoms with van der Waals surface area (Å²) in [6, 6.07) is 4.76. The normalized spacial score (nSPS) is 12.8. The van der Waals surface area contributed by atoms with Crippen molar-refractivity contribution in [1.82, 2.24) is 5.32 Å². The van der Waals surface area contributed by atoms with Gasteiger partial charge in [-0.1, -0.05) is 29.8 Å².